The summed E-state index contributed by atoms with van der Waals surface area (Å²) in [5.41, 5.74) is 4.86. The molecule has 464 valence electrons. The van der Waals surface area contributed by atoms with E-state index < -0.39 is 0 Å². The lowest BCUT2D eigenvalue weighted by molar-refractivity contribution is 0.111. The molecule has 6 aliphatic carbocycles. The Morgan fingerprint density at radius 1 is 0.434 bits per heavy atom. The summed E-state index contributed by atoms with van der Waals surface area (Å²) in [5, 5.41) is 0. The van der Waals surface area contributed by atoms with Gasteiger partial charge >= 0.3 is 0 Å². The lowest BCUT2D eigenvalue weighted by atomic mass is 9.65. The number of rotatable bonds is 8. The number of hydrogen-bond acceptors (Lipinski definition) is 0. The van der Waals surface area contributed by atoms with E-state index in [0.717, 1.165) is 76.4 Å². The Kier molecular flexibility index (Phi) is 37.5. The minimum Gasteiger partial charge on any atom is -0.0651 e. The van der Waals surface area contributed by atoms with Gasteiger partial charge in [-0.1, -0.05) is 296 Å². The minimum absolute atomic E-state index is 0.437. The highest BCUT2D eigenvalue weighted by Gasteiger charge is 2.49. The van der Waals surface area contributed by atoms with Crippen molar-refractivity contribution in [1.29, 1.82) is 0 Å². The van der Waals surface area contributed by atoms with Crippen molar-refractivity contribution in [2.24, 2.45) is 132 Å². The Bertz CT molecular complexity index is 1290. The Hall–Kier alpha value is 0. The van der Waals surface area contributed by atoms with Crippen molar-refractivity contribution in [3.05, 3.63) is 0 Å². The normalized spacial score (nSPS) is 24.2. The van der Waals surface area contributed by atoms with E-state index in [-0.39, 0.29) is 0 Å². The predicted octanol–water partition coefficient (Wildman–Crippen LogP) is 27.3. The lowest BCUT2D eigenvalue weighted by Crippen LogP contribution is -2.29. The van der Waals surface area contributed by atoms with Crippen LogP contribution in [0.15, 0.2) is 0 Å². The standard InChI is InChI=1S/6C8H18.2C7H12.2C7H14/c2*1-7(2,3)8(4,5)6;2*1-6-7(2)8(3,4)5;1-6-8(4,5)7(2)3;1-6(2)8(5)7(3)4;1-7(4-5-7)6-2-3-6;1-5-4-7(5)6-2-3-6;1-6-4-7(2,3)5-6;1-5-4-6(2)7(5)3/h2*1-6H3;3*7H,6H2,1-5H3;6-8H,1-5H3;6H,2-5H2,1H3;5-7H,2-4H2,1H3;6H,4-5H2,1-3H3;5-7H,4H2,1-3H3/t;;;;;;;5-,7?;;/m.......0../s1. The highest BCUT2D eigenvalue weighted by Crippen LogP contribution is 2.60. The topological polar surface area (TPSA) is 0 Å². The molecular formula is C76H160. The summed E-state index contributed by atoms with van der Waals surface area (Å²) < 4.78 is 0. The molecule has 0 aromatic carbocycles. The molecule has 0 amide bonds. The Morgan fingerprint density at radius 2 is 0.737 bits per heavy atom. The molecule has 0 N–H and O–H groups in total. The van der Waals surface area contributed by atoms with Gasteiger partial charge < -0.3 is 0 Å². The molecule has 6 atom stereocenters. The van der Waals surface area contributed by atoms with Crippen molar-refractivity contribution in [2.45, 2.75) is 360 Å². The second kappa shape index (κ2) is 34.6. The van der Waals surface area contributed by atoms with Crippen molar-refractivity contribution < 1.29 is 0 Å². The van der Waals surface area contributed by atoms with Crippen LogP contribution < -0.4 is 0 Å². The second-order valence-corrected chi connectivity index (χ2v) is 36.6. The van der Waals surface area contributed by atoms with Crippen LogP contribution in [-0.2, 0) is 0 Å². The largest absolute Gasteiger partial charge is 0.0651 e. The smallest absolute Gasteiger partial charge is 0.0297 e. The molecule has 0 spiro atoms. The average Bonchev–Trinajstić information content (AvgIpc) is 4.02. The third kappa shape index (κ3) is 39.4. The molecule has 0 radical (unpaired) electrons. The summed E-state index contributed by atoms with van der Waals surface area (Å²) in [7, 11) is 0. The maximum absolute atomic E-state index is 2.44. The quantitative estimate of drug-likeness (QED) is 0.227. The molecule has 0 heteroatoms. The van der Waals surface area contributed by atoms with Crippen LogP contribution in [-0.4, -0.2) is 0 Å². The van der Waals surface area contributed by atoms with E-state index >= 15 is 0 Å². The molecule has 76 heavy (non-hydrogen) atoms. The molecule has 5 unspecified atom stereocenters. The second-order valence-electron chi connectivity index (χ2n) is 36.6. The molecule has 6 fully saturated rings. The first-order valence-corrected chi connectivity index (χ1v) is 33.5. The minimum atomic E-state index is 0.437. The number of hydrogen-bond donors (Lipinski definition) is 0. The van der Waals surface area contributed by atoms with Crippen LogP contribution in [0.25, 0.3) is 0 Å². The van der Waals surface area contributed by atoms with Gasteiger partial charge in [-0.05, 0) is 196 Å². The summed E-state index contributed by atoms with van der Waals surface area (Å²) in [6.07, 6.45) is 19.0. The molecule has 6 aliphatic rings. The first kappa shape index (κ1) is 82.5. The molecule has 0 heterocycles. The van der Waals surface area contributed by atoms with Gasteiger partial charge in [0, 0.05) is 0 Å². The van der Waals surface area contributed by atoms with Crippen LogP contribution in [0.5, 0.6) is 0 Å². The molecule has 0 aromatic heterocycles. The van der Waals surface area contributed by atoms with Crippen molar-refractivity contribution in [2.75, 3.05) is 0 Å². The van der Waals surface area contributed by atoms with E-state index in [4.69, 9.17) is 0 Å². The van der Waals surface area contributed by atoms with Gasteiger partial charge in [-0.15, -0.1) is 0 Å². The molecule has 0 nitrogen and oxygen atoms in total. The highest BCUT2D eigenvalue weighted by molar-refractivity contribution is 5.00. The Balaban J connectivity index is -0.000000379. The summed E-state index contributed by atoms with van der Waals surface area (Å²) >= 11 is 0. The van der Waals surface area contributed by atoms with E-state index in [1.807, 2.05) is 0 Å². The molecule has 0 aliphatic heterocycles. The molecular weight excluding hydrogens is 913 g/mol. The fourth-order valence-electron chi connectivity index (χ4n) is 8.53. The SMILES string of the molecule is CC(C)(C)C(C)(C)C.CC(C)(C)C(C)(C)C.CC(C)C(C)C(C)C.CC1(C2CC2)CC1.CC1CC(C)(C)C1.CC1CC(C)C1C.CCC(C)(C)C(C)C.CCC(C)C(C)(C)C.CCC(C)C(C)(C)C.C[C@H]1CC1C1CC1. The fraction of sp³-hybridized carbons (Fsp3) is 1.00. The van der Waals surface area contributed by atoms with Crippen LogP contribution in [0.3, 0.4) is 0 Å². The summed E-state index contributed by atoms with van der Waals surface area (Å²) in [6.45, 7) is 91.8. The van der Waals surface area contributed by atoms with Crippen LogP contribution in [0, 0.1) is 132 Å². The van der Waals surface area contributed by atoms with Crippen LogP contribution in [0.2, 0.25) is 0 Å². The zero-order chi connectivity index (χ0) is 61.8. The van der Waals surface area contributed by atoms with Crippen molar-refractivity contribution >= 4 is 0 Å². The predicted molar refractivity (Wildman–Crippen MR) is 358 cm³/mol. The van der Waals surface area contributed by atoms with Crippen molar-refractivity contribution in [3.63, 3.8) is 0 Å². The van der Waals surface area contributed by atoms with E-state index in [0.29, 0.717) is 43.3 Å². The summed E-state index contributed by atoms with van der Waals surface area (Å²) in [6, 6.07) is 0. The van der Waals surface area contributed by atoms with Gasteiger partial charge in [0.1, 0.15) is 0 Å². The van der Waals surface area contributed by atoms with Gasteiger partial charge in [-0.25, -0.2) is 0 Å². The maximum Gasteiger partial charge on any atom is -0.0297 e. The molecule has 6 saturated carbocycles. The summed E-state index contributed by atoms with van der Waals surface area (Å²) in [5.74, 6) is 13.7. The highest BCUT2D eigenvalue weighted by atomic mass is 14.5. The molecule has 0 aromatic rings. The third-order valence-electron chi connectivity index (χ3n) is 22.6. The lowest BCUT2D eigenvalue weighted by Gasteiger charge is -2.40. The van der Waals surface area contributed by atoms with Gasteiger partial charge in [-0.3, -0.25) is 0 Å². The van der Waals surface area contributed by atoms with E-state index in [1.54, 1.807) is 19.3 Å². The van der Waals surface area contributed by atoms with E-state index in [1.165, 1.54) is 76.0 Å². The maximum atomic E-state index is 2.44. The molecule has 0 bridgehead atoms. The zero-order valence-electron chi connectivity index (χ0n) is 61.8. The fourth-order valence-corrected chi connectivity index (χ4v) is 8.53. The first-order valence-electron chi connectivity index (χ1n) is 33.5. The van der Waals surface area contributed by atoms with Crippen molar-refractivity contribution in [3.8, 4) is 0 Å². The molecule has 6 rings (SSSR count). The van der Waals surface area contributed by atoms with Gasteiger partial charge in [0.05, 0.1) is 0 Å². The van der Waals surface area contributed by atoms with Crippen LogP contribution >= 0.6 is 0 Å². The monoisotopic (exact) mass is 1070 g/mol. The van der Waals surface area contributed by atoms with E-state index in [2.05, 4.69) is 277 Å². The van der Waals surface area contributed by atoms with Crippen LogP contribution in [0.4, 0.5) is 0 Å². The first-order chi connectivity index (χ1) is 33.5. The van der Waals surface area contributed by atoms with Gasteiger partial charge in [0.25, 0.3) is 0 Å². The Morgan fingerprint density at radius 3 is 0.763 bits per heavy atom. The van der Waals surface area contributed by atoms with E-state index in [9.17, 15) is 0 Å². The van der Waals surface area contributed by atoms with Crippen LogP contribution in [0.1, 0.15) is 360 Å². The van der Waals surface area contributed by atoms with Crippen molar-refractivity contribution in [1.82, 2.24) is 0 Å². The zero-order valence-corrected chi connectivity index (χ0v) is 61.8. The summed E-state index contributed by atoms with van der Waals surface area (Å²) in [4.78, 5) is 0. The average molecular weight is 1070 g/mol. The van der Waals surface area contributed by atoms with Gasteiger partial charge in [0.15, 0.2) is 0 Å². The van der Waals surface area contributed by atoms with Gasteiger partial charge in [-0.2, -0.15) is 0 Å². The molecule has 0 saturated heterocycles. The Labute approximate surface area is 489 Å². The third-order valence-corrected chi connectivity index (χ3v) is 22.6. The van der Waals surface area contributed by atoms with Gasteiger partial charge in [0.2, 0.25) is 0 Å².